The lowest BCUT2D eigenvalue weighted by Crippen LogP contribution is -2.18. The zero-order valence-electron chi connectivity index (χ0n) is 11.2. The first-order chi connectivity index (χ1) is 9.56. The van der Waals surface area contributed by atoms with Crippen LogP contribution in [0.2, 0.25) is 0 Å². The zero-order valence-corrected chi connectivity index (χ0v) is 11.2. The van der Waals surface area contributed by atoms with Gasteiger partial charge in [-0.05, 0) is 19.1 Å². The number of halogens is 1. The Morgan fingerprint density at radius 3 is 2.95 bits per heavy atom. The molecular weight excluding hydrogens is 263 g/mol. The first kappa shape index (κ1) is 13.9. The van der Waals surface area contributed by atoms with E-state index in [1.165, 1.54) is 36.2 Å². The van der Waals surface area contributed by atoms with Gasteiger partial charge < -0.3 is 15.8 Å². The van der Waals surface area contributed by atoms with Gasteiger partial charge in [0.15, 0.2) is 11.6 Å². The second-order valence-corrected chi connectivity index (χ2v) is 4.07. The number of aromatic nitrogens is 2. The smallest absolute Gasteiger partial charge is 0.276 e. The molecular formula is C13H15FN4O2. The first-order valence-electron chi connectivity index (χ1n) is 6.03. The molecule has 6 nitrogen and oxygen atoms in total. The number of hydrogen-bond donors (Lipinski definition) is 2. The van der Waals surface area contributed by atoms with Crippen LogP contribution < -0.4 is 15.8 Å². The van der Waals surface area contributed by atoms with Crippen LogP contribution in [0.4, 0.5) is 15.8 Å². The highest BCUT2D eigenvalue weighted by Crippen LogP contribution is 2.22. The van der Waals surface area contributed by atoms with Crippen molar-refractivity contribution in [3.05, 3.63) is 35.9 Å². The zero-order chi connectivity index (χ0) is 14.7. The van der Waals surface area contributed by atoms with Crippen LogP contribution >= 0.6 is 0 Å². The summed E-state index contributed by atoms with van der Waals surface area (Å²) in [7, 11) is 1.36. The van der Waals surface area contributed by atoms with Gasteiger partial charge in [-0.2, -0.15) is 5.10 Å². The molecule has 0 fully saturated rings. The van der Waals surface area contributed by atoms with E-state index in [2.05, 4.69) is 10.4 Å². The van der Waals surface area contributed by atoms with Gasteiger partial charge in [0.25, 0.3) is 5.91 Å². The van der Waals surface area contributed by atoms with Crippen molar-refractivity contribution in [2.24, 2.45) is 0 Å². The van der Waals surface area contributed by atoms with Gasteiger partial charge in [-0.15, -0.1) is 0 Å². The number of aryl methyl sites for hydroxylation is 1. The standard InChI is InChI=1S/C13H15FN4O2/c1-3-18-12(10(15)7-16-18)13(19)17-8-4-5-9(14)11(6-8)20-2/h4-7H,3,15H2,1-2H3,(H,17,19). The first-order valence-corrected chi connectivity index (χ1v) is 6.03. The number of ether oxygens (including phenoxy) is 1. The van der Waals surface area contributed by atoms with Crippen LogP contribution in [0.5, 0.6) is 5.75 Å². The predicted molar refractivity (Wildman–Crippen MR) is 73.2 cm³/mol. The van der Waals surface area contributed by atoms with Crippen molar-refractivity contribution >= 4 is 17.3 Å². The average Bonchev–Trinajstić information content (AvgIpc) is 2.82. The Hall–Kier alpha value is -2.57. The van der Waals surface area contributed by atoms with E-state index in [-0.39, 0.29) is 11.4 Å². The summed E-state index contributed by atoms with van der Waals surface area (Å²) in [5, 5.41) is 6.63. The second kappa shape index (κ2) is 5.60. The second-order valence-electron chi connectivity index (χ2n) is 4.07. The van der Waals surface area contributed by atoms with E-state index < -0.39 is 11.7 Å². The number of nitrogens with zero attached hydrogens (tertiary/aromatic N) is 2. The maximum atomic E-state index is 13.3. The van der Waals surface area contributed by atoms with E-state index in [0.717, 1.165) is 0 Å². The van der Waals surface area contributed by atoms with E-state index >= 15 is 0 Å². The molecule has 0 saturated heterocycles. The number of nitrogens with two attached hydrogens (primary N) is 1. The third kappa shape index (κ3) is 2.56. The Balaban J connectivity index is 2.25. The number of rotatable bonds is 4. The van der Waals surface area contributed by atoms with Gasteiger partial charge >= 0.3 is 0 Å². The van der Waals surface area contributed by atoms with Gasteiger partial charge in [-0.1, -0.05) is 0 Å². The number of anilines is 2. The molecule has 106 valence electrons. The molecule has 1 amide bonds. The van der Waals surface area contributed by atoms with E-state index in [0.29, 0.717) is 17.9 Å². The topological polar surface area (TPSA) is 82.2 Å². The summed E-state index contributed by atoms with van der Waals surface area (Å²) in [6, 6.07) is 4.06. The molecule has 1 aromatic heterocycles. The maximum absolute atomic E-state index is 13.3. The van der Waals surface area contributed by atoms with Gasteiger partial charge in [0.2, 0.25) is 0 Å². The minimum absolute atomic E-state index is 0.0553. The average molecular weight is 278 g/mol. The number of carbonyl (C=O) groups is 1. The molecule has 0 radical (unpaired) electrons. The highest BCUT2D eigenvalue weighted by atomic mass is 19.1. The van der Waals surface area contributed by atoms with Crippen molar-refractivity contribution in [3.63, 3.8) is 0 Å². The lowest BCUT2D eigenvalue weighted by atomic mass is 10.2. The summed E-state index contributed by atoms with van der Waals surface area (Å²) < 4.78 is 19.6. The number of nitrogens with one attached hydrogen (secondary N) is 1. The normalized spacial score (nSPS) is 10.3. The summed E-state index contributed by atoms with van der Waals surface area (Å²) in [6.07, 6.45) is 1.42. The summed E-state index contributed by atoms with van der Waals surface area (Å²) in [6.45, 7) is 2.37. The minimum Gasteiger partial charge on any atom is -0.494 e. The van der Waals surface area contributed by atoms with Crippen molar-refractivity contribution in [2.45, 2.75) is 13.5 Å². The molecule has 0 aliphatic rings. The van der Waals surface area contributed by atoms with Crippen LogP contribution in [-0.2, 0) is 6.54 Å². The summed E-state index contributed by atoms with van der Waals surface area (Å²) in [5.41, 5.74) is 6.70. The molecule has 1 aromatic carbocycles. The number of methoxy groups -OCH3 is 1. The number of hydrogen-bond acceptors (Lipinski definition) is 4. The molecule has 0 aliphatic heterocycles. The van der Waals surface area contributed by atoms with Gasteiger partial charge in [0, 0.05) is 18.3 Å². The molecule has 2 rings (SSSR count). The molecule has 3 N–H and O–H groups in total. The van der Waals surface area contributed by atoms with Crippen LogP contribution in [0, 0.1) is 5.82 Å². The van der Waals surface area contributed by atoms with Crippen LogP contribution in [-0.4, -0.2) is 22.8 Å². The van der Waals surface area contributed by atoms with Crippen LogP contribution in [0.15, 0.2) is 24.4 Å². The number of benzene rings is 1. The Morgan fingerprint density at radius 2 is 2.30 bits per heavy atom. The Morgan fingerprint density at radius 1 is 1.55 bits per heavy atom. The monoisotopic (exact) mass is 278 g/mol. The highest BCUT2D eigenvalue weighted by molar-refractivity contribution is 6.06. The molecule has 20 heavy (non-hydrogen) atoms. The van der Waals surface area contributed by atoms with Crippen molar-refractivity contribution in [2.75, 3.05) is 18.2 Å². The molecule has 0 unspecified atom stereocenters. The fourth-order valence-corrected chi connectivity index (χ4v) is 1.82. The quantitative estimate of drug-likeness (QED) is 0.894. The summed E-state index contributed by atoms with van der Waals surface area (Å²) in [5.74, 6) is -0.848. The largest absolute Gasteiger partial charge is 0.494 e. The summed E-state index contributed by atoms with van der Waals surface area (Å²) in [4.78, 5) is 12.2. The number of carbonyl (C=O) groups excluding carboxylic acids is 1. The van der Waals surface area contributed by atoms with Gasteiger partial charge in [0.1, 0.15) is 5.69 Å². The van der Waals surface area contributed by atoms with Crippen molar-refractivity contribution in [1.29, 1.82) is 0 Å². The molecule has 0 aliphatic carbocycles. The van der Waals surface area contributed by atoms with Crippen molar-refractivity contribution in [1.82, 2.24) is 9.78 Å². The molecule has 0 bridgehead atoms. The lowest BCUT2D eigenvalue weighted by molar-refractivity contribution is 0.101. The van der Waals surface area contributed by atoms with E-state index in [1.54, 1.807) is 0 Å². The molecule has 1 heterocycles. The van der Waals surface area contributed by atoms with Crippen molar-refractivity contribution < 1.29 is 13.9 Å². The Labute approximate surface area is 115 Å². The molecule has 2 aromatic rings. The fourth-order valence-electron chi connectivity index (χ4n) is 1.82. The Bertz CT molecular complexity index is 639. The third-order valence-electron chi connectivity index (χ3n) is 2.79. The number of amides is 1. The van der Waals surface area contributed by atoms with Gasteiger partial charge in [-0.25, -0.2) is 4.39 Å². The van der Waals surface area contributed by atoms with E-state index in [4.69, 9.17) is 10.5 Å². The maximum Gasteiger partial charge on any atom is 0.276 e. The number of nitrogen functional groups attached to an aromatic ring is 1. The minimum atomic E-state index is -0.497. The third-order valence-corrected chi connectivity index (χ3v) is 2.79. The van der Waals surface area contributed by atoms with Gasteiger partial charge in [0.05, 0.1) is 19.0 Å². The highest BCUT2D eigenvalue weighted by Gasteiger charge is 2.16. The molecule has 0 saturated carbocycles. The summed E-state index contributed by atoms with van der Waals surface area (Å²) >= 11 is 0. The van der Waals surface area contributed by atoms with Gasteiger partial charge in [-0.3, -0.25) is 9.48 Å². The predicted octanol–water partition coefficient (Wildman–Crippen LogP) is 1.89. The molecule has 7 heteroatoms. The van der Waals surface area contributed by atoms with E-state index in [1.807, 2.05) is 6.92 Å². The van der Waals surface area contributed by atoms with Crippen molar-refractivity contribution in [3.8, 4) is 5.75 Å². The fraction of sp³-hybridized carbons (Fsp3) is 0.231. The van der Waals surface area contributed by atoms with Crippen LogP contribution in [0.3, 0.4) is 0 Å². The molecule has 0 spiro atoms. The Kier molecular flexibility index (Phi) is 3.88. The SMILES string of the molecule is CCn1ncc(N)c1C(=O)Nc1ccc(F)c(OC)c1. The molecule has 0 atom stereocenters. The lowest BCUT2D eigenvalue weighted by Gasteiger charge is -2.09. The van der Waals surface area contributed by atoms with Crippen LogP contribution in [0.25, 0.3) is 0 Å². The van der Waals surface area contributed by atoms with E-state index in [9.17, 15) is 9.18 Å². The van der Waals surface area contributed by atoms with Crippen LogP contribution in [0.1, 0.15) is 17.4 Å².